The second-order valence-corrected chi connectivity index (χ2v) is 3.73. The van der Waals surface area contributed by atoms with Crippen molar-refractivity contribution in [1.29, 1.82) is 0 Å². The molecular weight excluding hydrogens is 205 g/mol. The molecule has 0 aliphatic rings. The molecule has 2 N–H and O–H groups in total. The van der Waals surface area contributed by atoms with Gasteiger partial charge in [-0.05, 0) is 34.5 Å². The van der Waals surface area contributed by atoms with Crippen molar-refractivity contribution < 1.29 is 9.13 Å². The molecule has 2 rings (SSSR count). The largest absolute Gasteiger partial charge is 0.497 e. The van der Waals surface area contributed by atoms with Gasteiger partial charge in [0.15, 0.2) is 0 Å². The average molecular weight is 219 g/mol. The zero-order chi connectivity index (χ0) is 11.5. The number of rotatable bonds is 3. The van der Waals surface area contributed by atoms with Crippen molar-refractivity contribution in [2.75, 3.05) is 13.8 Å². The van der Waals surface area contributed by atoms with E-state index in [2.05, 4.69) is 0 Å². The second-order valence-electron chi connectivity index (χ2n) is 3.73. The smallest absolute Gasteiger partial charge is 0.119 e. The van der Waals surface area contributed by atoms with Crippen LogP contribution in [-0.2, 0) is 0 Å². The third-order valence-corrected chi connectivity index (χ3v) is 2.67. The van der Waals surface area contributed by atoms with Gasteiger partial charge in [-0.15, -0.1) is 0 Å². The minimum Gasteiger partial charge on any atom is -0.497 e. The molecule has 0 bridgehead atoms. The number of benzene rings is 2. The number of methoxy groups -OCH3 is 1. The maximum absolute atomic E-state index is 12.4. The van der Waals surface area contributed by atoms with E-state index in [-0.39, 0.29) is 0 Å². The summed E-state index contributed by atoms with van der Waals surface area (Å²) in [6, 6.07) is 10.9. The molecule has 0 fully saturated rings. The highest BCUT2D eigenvalue weighted by molar-refractivity contribution is 5.84. The van der Waals surface area contributed by atoms with E-state index in [4.69, 9.17) is 10.5 Å². The van der Waals surface area contributed by atoms with Gasteiger partial charge in [0.25, 0.3) is 0 Å². The van der Waals surface area contributed by atoms with E-state index in [1.165, 1.54) is 0 Å². The first kappa shape index (κ1) is 10.9. The number of alkyl halides is 1. The number of halogens is 1. The first-order chi connectivity index (χ1) is 7.74. The van der Waals surface area contributed by atoms with Crippen molar-refractivity contribution in [3.63, 3.8) is 0 Å². The zero-order valence-corrected chi connectivity index (χ0v) is 9.11. The van der Waals surface area contributed by atoms with E-state index >= 15 is 0 Å². The zero-order valence-electron chi connectivity index (χ0n) is 9.11. The van der Waals surface area contributed by atoms with E-state index in [1.807, 2.05) is 36.4 Å². The van der Waals surface area contributed by atoms with Gasteiger partial charge in [-0.3, -0.25) is 0 Å². The fourth-order valence-electron chi connectivity index (χ4n) is 1.69. The van der Waals surface area contributed by atoms with Gasteiger partial charge in [0.05, 0.1) is 13.2 Å². The molecule has 0 heterocycles. The molecule has 84 valence electrons. The van der Waals surface area contributed by atoms with Crippen molar-refractivity contribution in [3.05, 3.63) is 42.0 Å². The predicted molar refractivity (Wildman–Crippen MR) is 63.4 cm³/mol. The van der Waals surface area contributed by atoms with Gasteiger partial charge in [-0.25, -0.2) is 4.39 Å². The molecule has 0 spiro atoms. The number of fused-ring (bicyclic) bond motifs is 1. The Morgan fingerprint density at radius 3 is 2.56 bits per heavy atom. The van der Waals surface area contributed by atoms with Gasteiger partial charge in [0, 0.05) is 0 Å². The summed E-state index contributed by atoms with van der Waals surface area (Å²) in [6.07, 6.45) is 0. The molecule has 2 aromatic carbocycles. The van der Waals surface area contributed by atoms with Crippen LogP contribution in [0.1, 0.15) is 11.6 Å². The van der Waals surface area contributed by atoms with Gasteiger partial charge in [0.2, 0.25) is 0 Å². The number of ether oxygens (including phenoxy) is 1. The summed E-state index contributed by atoms with van der Waals surface area (Å²) in [5.41, 5.74) is 6.46. The Morgan fingerprint density at radius 2 is 1.88 bits per heavy atom. The summed E-state index contributed by atoms with van der Waals surface area (Å²) in [6.45, 7) is -0.540. The SMILES string of the molecule is COc1ccc2cc(C(N)CF)ccc2c1. The lowest BCUT2D eigenvalue weighted by atomic mass is 10.0. The summed E-state index contributed by atoms with van der Waals surface area (Å²) in [5.74, 6) is 0.815. The van der Waals surface area contributed by atoms with Crippen LogP contribution in [0.15, 0.2) is 36.4 Å². The van der Waals surface area contributed by atoms with Crippen LogP contribution in [0.5, 0.6) is 5.75 Å². The Balaban J connectivity index is 2.47. The third kappa shape index (κ3) is 1.99. The maximum atomic E-state index is 12.4. The standard InChI is InChI=1S/C13H14FNO/c1-16-12-5-4-9-6-11(13(15)8-14)3-2-10(9)7-12/h2-7,13H,8,15H2,1H3. The van der Waals surface area contributed by atoms with Crippen LogP contribution >= 0.6 is 0 Å². The van der Waals surface area contributed by atoms with Crippen LogP contribution in [-0.4, -0.2) is 13.8 Å². The Bertz CT molecular complexity index is 498. The first-order valence-electron chi connectivity index (χ1n) is 5.14. The average Bonchev–Trinajstić information content (AvgIpc) is 2.36. The van der Waals surface area contributed by atoms with E-state index in [9.17, 15) is 4.39 Å². The van der Waals surface area contributed by atoms with E-state index in [0.29, 0.717) is 0 Å². The van der Waals surface area contributed by atoms with Gasteiger partial charge in [-0.2, -0.15) is 0 Å². The van der Waals surface area contributed by atoms with Crippen molar-refractivity contribution in [1.82, 2.24) is 0 Å². The highest BCUT2D eigenvalue weighted by Crippen LogP contribution is 2.23. The summed E-state index contributed by atoms with van der Waals surface area (Å²) in [5, 5.41) is 2.11. The van der Waals surface area contributed by atoms with Crippen LogP contribution in [0, 0.1) is 0 Å². The van der Waals surface area contributed by atoms with E-state index in [0.717, 1.165) is 22.1 Å². The van der Waals surface area contributed by atoms with Crippen LogP contribution in [0.4, 0.5) is 4.39 Å². The summed E-state index contributed by atoms with van der Waals surface area (Å²) in [7, 11) is 1.63. The fourth-order valence-corrected chi connectivity index (χ4v) is 1.69. The number of hydrogen-bond acceptors (Lipinski definition) is 2. The molecule has 0 amide bonds. The quantitative estimate of drug-likeness (QED) is 0.861. The second kappa shape index (κ2) is 4.49. The van der Waals surface area contributed by atoms with Crippen molar-refractivity contribution in [2.24, 2.45) is 5.73 Å². The van der Waals surface area contributed by atoms with Gasteiger partial charge in [0.1, 0.15) is 12.4 Å². The molecule has 0 saturated heterocycles. The maximum Gasteiger partial charge on any atom is 0.119 e. The third-order valence-electron chi connectivity index (χ3n) is 2.67. The Kier molecular flexibility index (Phi) is 3.06. The lowest BCUT2D eigenvalue weighted by Crippen LogP contribution is -2.11. The number of hydrogen-bond donors (Lipinski definition) is 1. The highest BCUT2D eigenvalue weighted by Gasteiger charge is 2.06. The lowest BCUT2D eigenvalue weighted by molar-refractivity contribution is 0.415. The molecule has 2 nitrogen and oxygen atoms in total. The molecule has 1 unspecified atom stereocenters. The molecule has 0 aromatic heterocycles. The minimum absolute atomic E-state index is 0.536. The molecule has 0 radical (unpaired) electrons. The molecule has 0 aliphatic carbocycles. The van der Waals surface area contributed by atoms with E-state index < -0.39 is 12.7 Å². The van der Waals surface area contributed by atoms with E-state index in [1.54, 1.807) is 7.11 Å². The first-order valence-corrected chi connectivity index (χ1v) is 5.14. The van der Waals surface area contributed by atoms with Crippen molar-refractivity contribution in [2.45, 2.75) is 6.04 Å². The molecule has 0 saturated carbocycles. The van der Waals surface area contributed by atoms with Crippen molar-refractivity contribution in [3.8, 4) is 5.75 Å². The molecule has 16 heavy (non-hydrogen) atoms. The van der Waals surface area contributed by atoms with Gasteiger partial charge < -0.3 is 10.5 Å². The van der Waals surface area contributed by atoms with Crippen LogP contribution < -0.4 is 10.5 Å². The fraction of sp³-hybridized carbons (Fsp3) is 0.231. The summed E-state index contributed by atoms with van der Waals surface area (Å²) >= 11 is 0. The molecular formula is C13H14FNO. The Labute approximate surface area is 93.8 Å². The minimum atomic E-state index is -0.540. The summed E-state index contributed by atoms with van der Waals surface area (Å²) in [4.78, 5) is 0. The Hall–Kier alpha value is -1.61. The molecule has 1 atom stereocenters. The van der Waals surface area contributed by atoms with Gasteiger partial charge >= 0.3 is 0 Å². The Morgan fingerprint density at radius 1 is 1.19 bits per heavy atom. The molecule has 2 aromatic rings. The molecule has 0 aliphatic heterocycles. The monoisotopic (exact) mass is 219 g/mol. The lowest BCUT2D eigenvalue weighted by Gasteiger charge is -2.09. The van der Waals surface area contributed by atoms with Crippen LogP contribution in [0.2, 0.25) is 0 Å². The summed E-state index contributed by atoms with van der Waals surface area (Å²) < 4.78 is 17.6. The predicted octanol–water partition coefficient (Wildman–Crippen LogP) is 2.82. The van der Waals surface area contributed by atoms with Gasteiger partial charge in [-0.1, -0.05) is 18.2 Å². The van der Waals surface area contributed by atoms with Crippen LogP contribution in [0.3, 0.4) is 0 Å². The number of nitrogens with two attached hydrogens (primary N) is 1. The van der Waals surface area contributed by atoms with Crippen LogP contribution in [0.25, 0.3) is 10.8 Å². The van der Waals surface area contributed by atoms with Crippen molar-refractivity contribution >= 4 is 10.8 Å². The molecule has 3 heteroatoms. The topological polar surface area (TPSA) is 35.2 Å². The highest BCUT2D eigenvalue weighted by atomic mass is 19.1. The normalized spacial score (nSPS) is 12.7.